The molecular formula is C9H15N3OS. The molecule has 78 valence electrons. The highest BCUT2D eigenvalue weighted by Crippen LogP contribution is 2.12. The van der Waals surface area contributed by atoms with E-state index in [-0.39, 0.29) is 6.04 Å². The van der Waals surface area contributed by atoms with Crippen LogP contribution in [0, 0.1) is 0 Å². The van der Waals surface area contributed by atoms with Crippen molar-refractivity contribution in [1.82, 2.24) is 10.2 Å². The van der Waals surface area contributed by atoms with Crippen LogP contribution in [0.2, 0.25) is 0 Å². The number of anilines is 1. The number of rotatable bonds is 4. The average molecular weight is 213 g/mol. The van der Waals surface area contributed by atoms with Crippen molar-refractivity contribution in [1.29, 1.82) is 0 Å². The Morgan fingerprint density at radius 2 is 2.07 bits per heavy atom. The molecule has 0 spiro atoms. The summed E-state index contributed by atoms with van der Waals surface area (Å²) in [5, 5.41) is 21.2. The average Bonchev–Trinajstić information content (AvgIpc) is 2.19. The number of aliphatic hydroxyl groups excluding tert-OH is 1. The highest BCUT2D eigenvalue weighted by molar-refractivity contribution is 7.98. The molecule has 0 bridgehead atoms. The van der Waals surface area contributed by atoms with E-state index in [4.69, 9.17) is 0 Å². The molecule has 5 heteroatoms. The summed E-state index contributed by atoms with van der Waals surface area (Å²) in [6.07, 6.45) is 1.55. The summed E-state index contributed by atoms with van der Waals surface area (Å²) in [4.78, 5) is 0. The van der Waals surface area contributed by atoms with Crippen molar-refractivity contribution in [2.24, 2.45) is 0 Å². The SMILES string of the molecule is CSc1ccc(NC(C)C(C)O)nn1. The Bertz CT molecular complexity index is 276. The van der Waals surface area contributed by atoms with Crippen molar-refractivity contribution in [3.8, 4) is 0 Å². The van der Waals surface area contributed by atoms with Crippen molar-refractivity contribution in [2.45, 2.75) is 31.0 Å². The second-order valence-electron chi connectivity index (χ2n) is 3.13. The van der Waals surface area contributed by atoms with Crippen LogP contribution >= 0.6 is 11.8 Å². The van der Waals surface area contributed by atoms with Gasteiger partial charge >= 0.3 is 0 Å². The summed E-state index contributed by atoms with van der Waals surface area (Å²) in [7, 11) is 0. The molecule has 1 aromatic heterocycles. The largest absolute Gasteiger partial charge is 0.391 e. The van der Waals surface area contributed by atoms with Gasteiger partial charge in [-0.2, -0.15) is 0 Å². The fraction of sp³-hybridized carbons (Fsp3) is 0.556. The van der Waals surface area contributed by atoms with Gasteiger partial charge in [-0.3, -0.25) is 0 Å². The van der Waals surface area contributed by atoms with Gasteiger partial charge < -0.3 is 10.4 Å². The number of hydrogen-bond acceptors (Lipinski definition) is 5. The number of nitrogens with zero attached hydrogens (tertiary/aromatic N) is 2. The number of thioether (sulfide) groups is 1. The lowest BCUT2D eigenvalue weighted by molar-refractivity contribution is 0.177. The van der Waals surface area contributed by atoms with Crippen molar-refractivity contribution in [3.05, 3.63) is 12.1 Å². The van der Waals surface area contributed by atoms with Gasteiger partial charge in [-0.05, 0) is 32.2 Å². The van der Waals surface area contributed by atoms with Crippen LogP contribution in [0.4, 0.5) is 5.82 Å². The van der Waals surface area contributed by atoms with Crippen LogP contribution < -0.4 is 5.32 Å². The van der Waals surface area contributed by atoms with Gasteiger partial charge in [0.1, 0.15) is 10.8 Å². The molecule has 0 aliphatic rings. The molecule has 2 N–H and O–H groups in total. The molecule has 0 radical (unpaired) electrons. The van der Waals surface area contributed by atoms with Crippen molar-refractivity contribution in [2.75, 3.05) is 11.6 Å². The van der Waals surface area contributed by atoms with E-state index in [1.54, 1.807) is 18.7 Å². The van der Waals surface area contributed by atoms with Gasteiger partial charge in [0, 0.05) is 0 Å². The van der Waals surface area contributed by atoms with Crippen molar-refractivity contribution < 1.29 is 5.11 Å². The van der Waals surface area contributed by atoms with Gasteiger partial charge in [0.15, 0.2) is 0 Å². The third-order valence-corrected chi connectivity index (χ3v) is 2.58. The quantitative estimate of drug-likeness (QED) is 0.740. The topological polar surface area (TPSA) is 58.0 Å². The molecule has 1 rings (SSSR count). The normalized spacial score (nSPS) is 14.9. The predicted molar refractivity (Wildman–Crippen MR) is 58.6 cm³/mol. The molecule has 0 amide bonds. The monoisotopic (exact) mass is 213 g/mol. The van der Waals surface area contributed by atoms with E-state index in [1.165, 1.54) is 0 Å². The van der Waals surface area contributed by atoms with E-state index < -0.39 is 6.10 Å². The van der Waals surface area contributed by atoms with Gasteiger partial charge in [0.05, 0.1) is 12.1 Å². The zero-order chi connectivity index (χ0) is 10.6. The summed E-state index contributed by atoms with van der Waals surface area (Å²) in [5.74, 6) is 0.691. The molecule has 14 heavy (non-hydrogen) atoms. The zero-order valence-electron chi connectivity index (χ0n) is 8.56. The molecule has 0 aromatic carbocycles. The molecule has 0 saturated carbocycles. The van der Waals surface area contributed by atoms with E-state index >= 15 is 0 Å². The first kappa shape index (κ1) is 11.3. The first-order valence-corrected chi connectivity index (χ1v) is 5.68. The van der Waals surface area contributed by atoms with E-state index in [9.17, 15) is 5.11 Å². The summed E-state index contributed by atoms with van der Waals surface area (Å²) in [6, 6.07) is 3.73. The third-order valence-electron chi connectivity index (χ3n) is 1.95. The van der Waals surface area contributed by atoms with Crippen molar-refractivity contribution in [3.63, 3.8) is 0 Å². The second-order valence-corrected chi connectivity index (χ2v) is 3.96. The molecule has 1 aromatic rings. The molecule has 4 nitrogen and oxygen atoms in total. The third kappa shape index (κ3) is 3.16. The Hall–Kier alpha value is -0.810. The standard InChI is InChI=1S/C9H15N3OS/c1-6(7(2)13)10-8-4-5-9(14-3)12-11-8/h4-7,13H,1-3H3,(H,10,11). The zero-order valence-corrected chi connectivity index (χ0v) is 9.38. The summed E-state index contributed by atoms with van der Waals surface area (Å²) in [5.41, 5.74) is 0. The Morgan fingerprint density at radius 1 is 1.36 bits per heavy atom. The van der Waals surface area contributed by atoms with Crippen LogP contribution in [0.5, 0.6) is 0 Å². The maximum Gasteiger partial charge on any atom is 0.149 e. The summed E-state index contributed by atoms with van der Waals surface area (Å²) < 4.78 is 0. The van der Waals surface area contributed by atoms with Crippen LogP contribution in [0.15, 0.2) is 17.2 Å². The number of nitrogens with one attached hydrogen (secondary N) is 1. The van der Waals surface area contributed by atoms with E-state index in [0.29, 0.717) is 5.82 Å². The van der Waals surface area contributed by atoms with E-state index in [2.05, 4.69) is 15.5 Å². The van der Waals surface area contributed by atoms with Gasteiger partial charge in [-0.1, -0.05) is 0 Å². The highest BCUT2D eigenvalue weighted by atomic mass is 32.2. The summed E-state index contributed by atoms with van der Waals surface area (Å²) in [6.45, 7) is 3.64. The first-order chi connectivity index (χ1) is 6.63. The lowest BCUT2D eigenvalue weighted by atomic mass is 10.2. The Morgan fingerprint density at radius 3 is 2.50 bits per heavy atom. The molecule has 1 heterocycles. The van der Waals surface area contributed by atoms with E-state index in [1.807, 2.05) is 25.3 Å². The number of aliphatic hydroxyl groups is 1. The smallest absolute Gasteiger partial charge is 0.149 e. The summed E-state index contributed by atoms with van der Waals surface area (Å²) >= 11 is 1.55. The van der Waals surface area contributed by atoms with Gasteiger partial charge in [0.25, 0.3) is 0 Å². The van der Waals surface area contributed by atoms with Gasteiger partial charge in [0.2, 0.25) is 0 Å². The maximum absolute atomic E-state index is 9.27. The van der Waals surface area contributed by atoms with Crippen LogP contribution in [-0.4, -0.2) is 33.7 Å². The van der Waals surface area contributed by atoms with Crippen LogP contribution in [-0.2, 0) is 0 Å². The minimum absolute atomic E-state index is 0.0237. The van der Waals surface area contributed by atoms with Crippen LogP contribution in [0.3, 0.4) is 0 Å². The molecule has 0 fully saturated rings. The first-order valence-electron chi connectivity index (χ1n) is 4.46. The van der Waals surface area contributed by atoms with E-state index in [0.717, 1.165) is 5.03 Å². The van der Waals surface area contributed by atoms with Gasteiger partial charge in [-0.15, -0.1) is 22.0 Å². The molecule has 0 saturated heterocycles. The van der Waals surface area contributed by atoms with Crippen molar-refractivity contribution >= 4 is 17.6 Å². The highest BCUT2D eigenvalue weighted by Gasteiger charge is 2.08. The fourth-order valence-electron chi connectivity index (χ4n) is 0.860. The Kier molecular flexibility index (Phi) is 4.16. The van der Waals surface area contributed by atoms with Crippen LogP contribution in [0.1, 0.15) is 13.8 Å². The minimum atomic E-state index is -0.406. The molecule has 2 unspecified atom stereocenters. The van der Waals surface area contributed by atoms with Crippen LogP contribution in [0.25, 0.3) is 0 Å². The molecule has 0 aliphatic heterocycles. The number of hydrogen-bond donors (Lipinski definition) is 2. The Balaban J connectivity index is 2.59. The fourth-order valence-corrected chi connectivity index (χ4v) is 1.19. The predicted octanol–water partition coefficient (Wildman–Crippen LogP) is 1.38. The Labute approximate surface area is 88.1 Å². The molecule has 0 aliphatic carbocycles. The number of aromatic nitrogens is 2. The maximum atomic E-state index is 9.27. The lowest BCUT2D eigenvalue weighted by Crippen LogP contribution is -2.28. The minimum Gasteiger partial charge on any atom is -0.391 e. The van der Waals surface area contributed by atoms with Gasteiger partial charge in [-0.25, -0.2) is 0 Å². The molecule has 2 atom stereocenters. The molecular weight excluding hydrogens is 198 g/mol. The lowest BCUT2D eigenvalue weighted by Gasteiger charge is -2.16. The second kappa shape index (κ2) is 5.17.